The van der Waals surface area contributed by atoms with E-state index in [1.165, 1.54) is 6.26 Å². The first-order chi connectivity index (χ1) is 14.3. The van der Waals surface area contributed by atoms with E-state index in [4.69, 9.17) is 9.26 Å². The van der Waals surface area contributed by atoms with Crippen LogP contribution in [-0.4, -0.2) is 49.5 Å². The van der Waals surface area contributed by atoms with Crippen LogP contribution in [0, 0.1) is 18.8 Å². The molecule has 1 aliphatic heterocycles. The molecule has 1 fully saturated rings. The smallest absolute Gasteiger partial charge is 0.324 e. The van der Waals surface area contributed by atoms with E-state index in [9.17, 15) is 8.42 Å². The average molecular weight is 437 g/mol. The summed E-state index contributed by atoms with van der Waals surface area (Å²) in [5.41, 5.74) is 0.471. The zero-order valence-electron chi connectivity index (χ0n) is 18.3. The third-order valence-corrected chi connectivity index (χ3v) is 7.01. The van der Waals surface area contributed by atoms with Gasteiger partial charge in [0, 0.05) is 31.8 Å². The number of sulfone groups is 1. The molecule has 3 heterocycles. The maximum atomic E-state index is 11.7. The van der Waals surface area contributed by atoms with Crippen molar-refractivity contribution in [2.75, 3.05) is 30.9 Å². The number of hydrogen-bond donors (Lipinski definition) is 0. The van der Waals surface area contributed by atoms with Crippen molar-refractivity contribution in [1.82, 2.24) is 15.1 Å². The Kier molecular flexibility index (Phi) is 7.33. The maximum Gasteiger partial charge on any atom is 0.324 e. The maximum absolute atomic E-state index is 11.7. The van der Waals surface area contributed by atoms with Crippen LogP contribution >= 0.6 is 0 Å². The van der Waals surface area contributed by atoms with Crippen molar-refractivity contribution in [2.24, 2.45) is 11.8 Å². The van der Waals surface area contributed by atoms with Gasteiger partial charge in [-0.2, -0.15) is 4.98 Å². The molecule has 0 aromatic carbocycles. The average Bonchev–Trinajstić information content (AvgIpc) is 3.16. The van der Waals surface area contributed by atoms with Crippen LogP contribution in [0.3, 0.4) is 0 Å². The predicted octanol–water partition coefficient (Wildman–Crippen LogP) is 3.45. The summed E-state index contributed by atoms with van der Waals surface area (Å²) in [6, 6.07) is 3.84. The van der Waals surface area contributed by atoms with E-state index >= 15 is 0 Å². The summed E-state index contributed by atoms with van der Waals surface area (Å²) in [7, 11) is -3.26. The molecule has 0 unspecified atom stereocenters. The third kappa shape index (κ3) is 5.71. The molecule has 8 nitrogen and oxygen atoms in total. The highest BCUT2D eigenvalue weighted by molar-refractivity contribution is 7.90. The van der Waals surface area contributed by atoms with Crippen molar-refractivity contribution in [3.8, 4) is 5.88 Å². The molecule has 1 saturated heterocycles. The first-order valence-electron chi connectivity index (χ1n) is 10.7. The standard InChI is InChI=1S/C21H32N4O4S/c1-5-6-19-23-21(29-24-19)25-12-9-17(10-13-25)15(2)11-14-28-20-8-7-18(16(3)22-20)30(4,26)27/h7-8,15,17H,5-6,9-14H2,1-4H3/t15-/m0/s1. The summed E-state index contributed by atoms with van der Waals surface area (Å²) >= 11 is 0. The Hall–Kier alpha value is -2.16. The fraction of sp³-hybridized carbons (Fsp3) is 0.667. The van der Waals surface area contributed by atoms with Gasteiger partial charge in [0.05, 0.1) is 17.2 Å². The predicted molar refractivity (Wildman–Crippen MR) is 115 cm³/mol. The van der Waals surface area contributed by atoms with Gasteiger partial charge < -0.3 is 14.2 Å². The van der Waals surface area contributed by atoms with Crippen molar-refractivity contribution < 1.29 is 17.7 Å². The molecular weight excluding hydrogens is 404 g/mol. The molecular formula is C21H32N4O4S. The lowest BCUT2D eigenvalue weighted by molar-refractivity contribution is 0.216. The molecule has 166 valence electrons. The zero-order chi connectivity index (χ0) is 21.7. The van der Waals surface area contributed by atoms with Gasteiger partial charge >= 0.3 is 6.01 Å². The Morgan fingerprint density at radius 1 is 1.27 bits per heavy atom. The SMILES string of the molecule is CCCc1noc(N2CCC([C@@H](C)CCOc3ccc(S(C)(=O)=O)c(C)n3)CC2)n1. The van der Waals surface area contributed by atoms with Crippen molar-refractivity contribution >= 4 is 15.9 Å². The molecule has 30 heavy (non-hydrogen) atoms. The molecule has 0 spiro atoms. The van der Waals surface area contributed by atoms with Crippen LogP contribution in [0.4, 0.5) is 6.01 Å². The lowest BCUT2D eigenvalue weighted by atomic mass is 9.84. The molecule has 0 saturated carbocycles. The number of piperidine rings is 1. The molecule has 0 radical (unpaired) electrons. The molecule has 9 heteroatoms. The Morgan fingerprint density at radius 2 is 2.00 bits per heavy atom. The van der Waals surface area contributed by atoms with Gasteiger partial charge in [0.15, 0.2) is 15.7 Å². The van der Waals surface area contributed by atoms with Crippen LogP contribution in [-0.2, 0) is 16.3 Å². The number of nitrogens with zero attached hydrogens (tertiary/aromatic N) is 4. The number of aryl methyl sites for hydroxylation is 2. The quantitative estimate of drug-likeness (QED) is 0.589. The molecule has 0 aliphatic carbocycles. The second-order valence-corrected chi connectivity index (χ2v) is 10.2. The van der Waals surface area contributed by atoms with Gasteiger partial charge in [-0.15, -0.1) is 0 Å². The van der Waals surface area contributed by atoms with Crippen LogP contribution in [0.2, 0.25) is 0 Å². The molecule has 0 N–H and O–H groups in total. The summed E-state index contributed by atoms with van der Waals surface area (Å²) in [4.78, 5) is 11.2. The number of aromatic nitrogens is 3. The molecule has 2 aromatic rings. The van der Waals surface area contributed by atoms with Gasteiger partial charge in [-0.3, -0.25) is 0 Å². The minimum atomic E-state index is -3.26. The number of pyridine rings is 1. The van der Waals surface area contributed by atoms with E-state index in [-0.39, 0.29) is 4.90 Å². The topological polar surface area (TPSA) is 98.4 Å². The van der Waals surface area contributed by atoms with E-state index in [1.807, 2.05) is 0 Å². The van der Waals surface area contributed by atoms with Crippen LogP contribution in [0.25, 0.3) is 0 Å². The van der Waals surface area contributed by atoms with E-state index in [0.717, 1.165) is 51.0 Å². The summed E-state index contributed by atoms with van der Waals surface area (Å²) in [5.74, 6) is 2.42. The van der Waals surface area contributed by atoms with Crippen molar-refractivity contribution in [2.45, 2.75) is 57.8 Å². The van der Waals surface area contributed by atoms with E-state index in [2.05, 4.69) is 33.9 Å². The second kappa shape index (κ2) is 9.76. The highest BCUT2D eigenvalue weighted by Crippen LogP contribution is 2.29. The molecule has 0 amide bonds. The summed E-state index contributed by atoms with van der Waals surface area (Å²) < 4.78 is 34.6. The number of ether oxygens (including phenoxy) is 1. The van der Waals surface area contributed by atoms with Gasteiger partial charge in [0.1, 0.15) is 0 Å². The minimum absolute atomic E-state index is 0.248. The van der Waals surface area contributed by atoms with Crippen LogP contribution in [0.5, 0.6) is 5.88 Å². The van der Waals surface area contributed by atoms with Crippen molar-refractivity contribution in [3.05, 3.63) is 23.7 Å². The highest BCUT2D eigenvalue weighted by Gasteiger charge is 2.26. The molecule has 2 aromatic heterocycles. The molecule has 1 aliphatic rings. The monoisotopic (exact) mass is 436 g/mol. The van der Waals surface area contributed by atoms with Crippen molar-refractivity contribution in [3.63, 3.8) is 0 Å². The fourth-order valence-corrected chi connectivity index (χ4v) is 4.84. The lowest BCUT2D eigenvalue weighted by Gasteiger charge is -2.33. The Balaban J connectivity index is 1.44. The van der Waals surface area contributed by atoms with Crippen LogP contribution in [0.15, 0.2) is 21.6 Å². The van der Waals surface area contributed by atoms with Gasteiger partial charge in [-0.05, 0) is 50.5 Å². The second-order valence-electron chi connectivity index (χ2n) is 8.19. The number of rotatable bonds is 9. The van der Waals surface area contributed by atoms with Gasteiger partial charge in [0.2, 0.25) is 5.88 Å². The molecule has 1 atom stereocenters. The van der Waals surface area contributed by atoms with Gasteiger partial charge in [0.25, 0.3) is 0 Å². The summed E-state index contributed by atoms with van der Waals surface area (Å²) in [5, 5.41) is 4.05. The number of hydrogen-bond acceptors (Lipinski definition) is 8. The first kappa shape index (κ1) is 22.5. The Bertz CT molecular complexity index is 936. The minimum Gasteiger partial charge on any atom is -0.478 e. The molecule has 3 rings (SSSR count). The van der Waals surface area contributed by atoms with E-state index in [1.54, 1.807) is 19.1 Å². The lowest BCUT2D eigenvalue weighted by Crippen LogP contribution is -2.36. The summed E-state index contributed by atoms with van der Waals surface area (Å²) in [6.45, 7) is 8.48. The highest BCUT2D eigenvalue weighted by atomic mass is 32.2. The Labute approximate surface area is 178 Å². The van der Waals surface area contributed by atoms with Gasteiger partial charge in [-0.1, -0.05) is 19.0 Å². The first-order valence-corrected chi connectivity index (χ1v) is 12.5. The zero-order valence-corrected chi connectivity index (χ0v) is 19.1. The normalized spacial score (nSPS) is 16.6. The third-order valence-electron chi connectivity index (χ3n) is 5.78. The Morgan fingerprint density at radius 3 is 2.63 bits per heavy atom. The van der Waals surface area contributed by atoms with Crippen LogP contribution in [0.1, 0.15) is 51.0 Å². The van der Waals surface area contributed by atoms with Crippen LogP contribution < -0.4 is 9.64 Å². The van der Waals surface area contributed by atoms with E-state index in [0.29, 0.717) is 36.0 Å². The van der Waals surface area contributed by atoms with Crippen molar-refractivity contribution in [1.29, 1.82) is 0 Å². The van der Waals surface area contributed by atoms with E-state index < -0.39 is 9.84 Å². The molecule has 0 bridgehead atoms. The summed E-state index contributed by atoms with van der Waals surface area (Å²) in [6.07, 6.45) is 6.16. The largest absolute Gasteiger partial charge is 0.478 e. The number of anilines is 1. The fourth-order valence-electron chi connectivity index (χ4n) is 3.94. The van der Waals surface area contributed by atoms with Gasteiger partial charge in [-0.25, -0.2) is 13.4 Å².